The third kappa shape index (κ3) is 3.88. The molecular formula is C20H17N7O2S2. The summed E-state index contributed by atoms with van der Waals surface area (Å²) >= 11 is 2.96. The first-order valence-electron chi connectivity index (χ1n) is 9.30. The molecule has 5 aromatic rings. The van der Waals surface area contributed by atoms with Crippen molar-refractivity contribution >= 4 is 50.6 Å². The van der Waals surface area contributed by atoms with Gasteiger partial charge in [0, 0.05) is 29.7 Å². The van der Waals surface area contributed by atoms with Gasteiger partial charge in [0.15, 0.2) is 0 Å². The Balaban J connectivity index is 1.33. The van der Waals surface area contributed by atoms with Gasteiger partial charge in [-0.2, -0.15) is 10.1 Å². The predicted molar refractivity (Wildman–Crippen MR) is 120 cm³/mol. The van der Waals surface area contributed by atoms with Crippen molar-refractivity contribution in [2.75, 3.05) is 5.32 Å². The van der Waals surface area contributed by atoms with Gasteiger partial charge in [-0.25, -0.2) is 4.98 Å². The second kappa shape index (κ2) is 7.85. The van der Waals surface area contributed by atoms with Crippen LogP contribution in [0.4, 0.5) is 10.9 Å². The summed E-state index contributed by atoms with van der Waals surface area (Å²) in [5.41, 5.74) is 2.44. The van der Waals surface area contributed by atoms with Crippen LogP contribution in [0.2, 0.25) is 0 Å². The van der Waals surface area contributed by atoms with E-state index >= 15 is 0 Å². The highest BCUT2D eigenvalue weighted by atomic mass is 32.1. The van der Waals surface area contributed by atoms with E-state index in [0.717, 1.165) is 10.6 Å². The lowest BCUT2D eigenvalue weighted by Gasteiger charge is -2.06. The number of nitrogens with one attached hydrogen (secondary N) is 2. The third-order valence-corrected chi connectivity index (χ3v) is 6.31. The lowest BCUT2D eigenvalue weighted by molar-refractivity contribution is 0.0952. The van der Waals surface area contributed by atoms with Gasteiger partial charge in [0.25, 0.3) is 5.91 Å². The zero-order valence-corrected chi connectivity index (χ0v) is 17.9. The van der Waals surface area contributed by atoms with E-state index in [1.807, 2.05) is 30.8 Å². The predicted octanol–water partition coefficient (Wildman–Crippen LogP) is 3.66. The van der Waals surface area contributed by atoms with Gasteiger partial charge >= 0.3 is 0 Å². The summed E-state index contributed by atoms with van der Waals surface area (Å²) in [7, 11) is 1.82. The summed E-state index contributed by atoms with van der Waals surface area (Å²) in [5, 5.41) is 25.1. The quantitative estimate of drug-likeness (QED) is 0.363. The highest BCUT2D eigenvalue weighted by Gasteiger charge is 2.15. The number of rotatable bonds is 6. The highest BCUT2D eigenvalue weighted by Crippen LogP contribution is 2.29. The first kappa shape index (κ1) is 19.3. The number of nitrogens with zero attached hydrogens (tertiary/aromatic N) is 5. The molecule has 0 fully saturated rings. The van der Waals surface area contributed by atoms with Crippen LogP contribution in [0.3, 0.4) is 0 Å². The van der Waals surface area contributed by atoms with E-state index in [1.165, 1.54) is 11.3 Å². The Labute approximate surface area is 184 Å². The summed E-state index contributed by atoms with van der Waals surface area (Å²) in [6.45, 7) is 0.497. The van der Waals surface area contributed by atoms with Crippen LogP contribution in [-0.2, 0) is 13.6 Å². The van der Waals surface area contributed by atoms with Gasteiger partial charge in [0.05, 0.1) is 34.5 Å². The Morgan fingerprint density at radius 2 is 2.16 bits per heavy atom. The number of aromatic hydroxyl groups is 1. The zero-order valence-electron chi connectivity index (χ0n) is 16.3. The molecule has 0 aliphatic carbocycles. The molecule has 5 heterocycles. The van der Waals surface area contributed by atoms with Gasteiger partial charge in [-0.05, 0) is 23.6 Å². The standard InChI is InChI=1S/C20H17N7O2S2/c1-26-10-13(8-22-26)27-5-4-15-17(27)19(29)25-20(23-15)24-16-7-12(11-31-16)18(28)21-9-14-3-2-6-30-14/h2-8,10-11H,9H2,1H3,(H,21,28)(H2,23,24,25,29). The van der Waals surface area contributed by atoms with E-state index in [0.29, 0.717) is 28.1 Å². The van der Waals surface area contributed by atoms with E-state index in [4.69, 9.17) is 0 Å². The summed E-state index contributed by atoms with van der Waals surface area (Å²) < 4.78 is 3.46. The molecule has 5 aromatic heterocycles. The van der Waals surface area contributed by atoms with E-state index < -0.39 is 0 Å². The molecule has 0 saturated heterocycles. The fraction of sp³-hybridized carbons (Fsp3) is 0.100. The molecule has 11 heteroatoms. The Morgan fingerprint density at radius 3 is 2.94 bits per heavy atom. The number of fused-ring (bicyclic) bond motifs is 1. The van der Waals surface area contributed by atoms with Crippen LogP contribution in [-0.4, -0.2) is 35.3 Å². The van der Waals surface area contributed by atoms with Crippen molar-refractivity contribution in [2.24, 2.45) is 7.05 Å². The van der Waals surface area contributed by atoms with Crippen LogP contribution in [0.25, 0.3) is 16.7 Å². The Bertz CT molecular complexity index is 1370. The molecule has 0 spiro atoms. The second-order valence-corrected chi connectivity index (χ2v) is 8.69. The second-order valence-electron chi connectivity index (χ2n) is 6.75. The molecule has 0 aromatic carbocycles. The largest absolute Gasteiger partial charge is 0.492 e. The molecule has 0 atom stereocenters. The number of hydrogen-bond donors (Lipinski definition) is 3. The van der Waals surface area contributed by atoms with Crippen molar-refractivity contribution in [1.29, 1.82) is 0 Å². The lowest BCUT2D eigenvalue weighted by atomic mass is 10.3. The van der Waals surface area contributed by atoms with E-state index in [2.05, 4.69) is 25.7 Å². The maximum Gasteiger partial charge on any atom is 0.252 e. The Hall–Kier alpha value is -3.70. The van der Waals surface area contributed by atoms with Crippen LogP contribution in [0.5, 0.6) is 5.88 Å². The molecule has 0 radical (unpaired) electrons. The summed E-state index contributed by atoms with van der Waals surface area (Å²) in [4.78, 5) is 22.1. The minimum absolute atomic E-state index is 0.146. The van der Waals surface area contributed by atoms with Gasteiger partial charge in [-0.15, -0.1) is 22.7 Å². The van der Waals surface area contributed by atoms with Crippen LogP contribution >= 0.6 is 22.7 Å². The third-order valence-electron chi connectivity index (χ3n) is 4.58. The van der Waals surface area contributed by atoms with Gasteiger partial charge in [0.2, 0.25) is 11.8 Å². The molecule has 9 nitrogen and oxygen atoms in total. The molecule has 0 saturated carbocycles. The zero-order chi connectivity index (χ0) is 21.4. The first-order chi connectivity index (χ1) is 15.1. The SMILES string of the molecule is Cn1cc(-n2ccc3nc(Nc4cc(C(=O)NCc5cccs5)cs4)nc(O)c32)cn1. The average molecular weight is 452 g/mol. The molecule has 3 N–H and O–H groups in total. The summed E-state index contributed by atoms with van der Waals surface area (Å²) in [6.07, 6.45) is 5.34. The number of hydrogen-bond acceptors (Lipinski definition) is 8. The Morgan fingerprint density at radius 1 is 1.26 bits per heavy atom. The van der Waals surface area contributed by atoms with Crippen molar-refractivity contribution in [3.8, 4) is 11.6 Å². The monoisotopic (exact) mass is 451 g/mol. The maximum absolute atomic E-state index is 12.4. The fourth-order valence-corrected chi connectivity index (χ4v) is 4.56. The smallest absolute Gasteiger partial charge is 0.252 e. The molecule has 0 aliphatic rings. The molecule has 1 amide bonds. The highest BCUT2D eigenvalue weighted by molar-refractivity contribution is 7.14. The van der Waals surface area contributed by atoms with Gasteiger partial charge in [-0.3, -0.25) is 9.48 Å². The number of aromatic nitrogens is 5. The lowest BCUT2D eigenvalue weighted by Crippen LogP contribution is -2.21. The fourth-order valence-electron chi connectivity index (χ4n) is 3.14. The van der Waals surface area contributed by atoms with Crippen molar-refractivity contribution in [3.63, 3.8) is 0 Å². The minimum Gasteiger partial charge on any atom is -0.492 e. The molecule has 31 heavy (non-hydrogen) atoms. The Kier molecular flexibility index (Phi) is 4.88. The van der Waals surface area contributed by atoms with Crippen LogP contribution in [0.15, 0.2) is 53.6 Å². The number of anilines is 2. The number of amides is 1. The first-order valence-corrected chi connectivity index (χ1v) is 11.1. The summed E-state index contributed by atoms with van der Waals surface area (Å²) in [6, 6.07) is 7.47. The molecular weight excluding hydrogens is 434 g/mol. The minimum atomic E-state index is -0.148. The van der Waals surface area contributed by atoms with E-state index in [-0.39, 0.29) is 17.7 Å². The maximum atomic E-state index is 12.4. The van der Waals surface area contributed by atoms with Crippen LogP contribution in [0.1, 0.15) is 15.2 Å². The molecule has 0 aliphatic heterocycles. The average Bonchev–Trinajstić information content (AvgIpc) is 3.53. The topological polar surface area (TPSA) is 110 Å². The molecule has 5 rings (SSSR count). The van der Waals surface area contributed by atoms with Gasteiger partial charge in [-0.1, -0.05) is 6.07 Å². The van der Waals surface area contributed by atoms with Crippen molar-refractivity contribution < 1.29 is 9.90 Å². The molecule has 156 valence electrons. The van der Waals surface area contributed by atoms with Crippen molar-refractivity contribution in [1.82, 2.24) is 29.6 Å². The van der Waals surface area contributed by atoms with Gasteiger partial charge in [0.1, 0.15) is 5.52 Å². The number of carbonyl (C=O) groups excluding carboxylic acids is 1. The van der Waals surface area contributed by atoms with E-state index in [1.54, 1.807) is 50.5 Å². The molecule has 0 bridgehead atoms. The normalized spacial score (nSPS) is 11.1. The number of aryl methyl sites for hydroxylation is 1. The van der Waals surface area contributed by atoms with Crippen molar-refractivity contribution in [2.45, 2.75) is 6.54 Å². The van der Waals surface area contributed by atoms with Crippen LogP contribution < -0.4 is 10.6 Å². The number of thiophene rings is 2. The van der Waals surface area contributed by atoms with E-state index in [9.17, 15) is 9.90 Å². The van der Waals surface area contributed by atoms with Crippen molar-refractivity contribution in [3.05, 3.63) is 64.1 Å². The van der Waals surface area contributed by atoms with Crippen LogP contribution in [0, 0.1) is 0 Å². The molecule has 0 unspecified atom stereocenters. The van der Waals surface area contributed by atoms with Gasteiger partial charge < -0.3 is 20.3 Å². The summed E-state index contributed by atoms with van der Waals surface area (Å²) in [5.74, 6) is -0.0429. The number of carbonyl (C=O) groups is 1.